The second-order valence-electron chi connectivity index (χ2n) is 8.66. The van der Waals surface area contributed by atoms with Gasteiger partial charge >= 0.3 is 0 Å². The van der Waals surface area contributed by atoms with E-state index in [2.05, 4.69) is 5.32 Å². The smallest absolute Gasteiger partial charge is 0.270 e. The van der Waals surface area contributed by atoms with Crippen molar-refractivity contribution < 1.29 is 18.8 Å². The fourth-order valence-corrected chi connectivity index (χ4v) is 4.42. The van der Waals surface area contributed by atoms with E-state index in [1.165, 1.54) is 18.2 Å². The topological polar surface area (TPSA) is 86.4 Å². The molecule has 1 atom stereocenters. The predicted octanol–water partition coefficient (Wildman–Crippen LogP) is 5.41. The lowest BCUT2D eigenvalue weighted by Gasteiger charge is -2.17. The first kappa shape index (κ1) is 25.1. The molecule has 3 aromatic carbocycles. The predicted molar refractivity (Wildman–Crippen MR) is 136 cm³/mol. The minimum absolute atomic E-state index is 0.0249. The van der Waals surface area contributed by atoms with Crippen LogP contribution in [0.15, 0.2) is 79.0 Å². The summed E-state index contributed by atoms with van der Waals surface area (Å²) in [5.41, 5.74) is 3.42. The van der Waals surface area contributed by atoms with Gasteiger partial charge in [-0.3, -0.25) is 14.9 Å². The molecule has 1 amide bonds. The van der Waals surface area contributed by atoms with Gasteiger partial charge in [-0.15, -0.1) is 0 Å². The van der Waals surface area contributed by atoms with Crippen molar-refractivity contribution in [1.29, 1.82) is 0 Å². The lowest BCUT2D eigenvalue weighted by atomic mass is 9.88. The van der Waals surface area contributed by atoms with E-state index in [-0.39, 0.29) is 23.8 Å². The zero-order chi connectivity index (χ0) is 25.5. The number of fused-ring (bicyclic) bond motifs is 1. The fourth-order valence-electron chi connectivity index (χ4n) is 4.42. The summed E-state index contributed by atoms with van der Waals surface area (Å²) >= 11 is 0. The second kappa shape index (κ2) is 11.6. The molecule has 0 saturated heterocycles. The van der Waals surface area contributed by atoms with Crippen LogP contribution in [-0.4, -0.2) is 35.7 Å². The number of nitro groups is 1. The van der Waals surface area contributed by atoms with Gasteiger partial charge in [0.2, 0.25) is 5.91 Å². The van der Waals surface area contributed by atoms with Crippen molar-refractivity contribution >= 4 is 22.5 Å². The quantitative estimate of drug-likeness (QED) is 0.173. The third kappa shape index (κ3) is 5.95. The average Bonchev–Trinajstić information content (AvgIpc) is 3.23. The molecule has 8 heteroatoms. The van der Waals surface area contributed by atoms with Crippen LogP contribution in [-0.2, 0) is 16.1 Å². The molecule has 186 valence electrons. The number of hydrogen-bond acceptors (Lipinski definition) is 4. The minimum atomic E-state index is -0.423. The molecule has 0 saturated carbocycles. The number of amides is 1. The van der Waals surface area contributed by atoms with E-state index in [1.54, 1.807) is 31.4 Å². The first-order valence-electron chi connectivity index (χ1n) is 11.8. The van der Waals surface area contributed by atoms with Crippen molar-refractivity contribution in [3.05, 3.63) is 112 Å². The summed E-state index contributed by atoms with van der Waals surface area (Å²) < 4.78 is 20.8. The number of carbonyl (C=O) groups excluding carboxylic acids is 1. The maximum absolute atomic E-state index is 13.7. The van der Waals surface area contributed by atoms with E-state index >= 15 is 0 Å². The molecule has 0 unspecified atom stereocenters. The first-order valence-corrected chi connectivity index (χ1v) is 11.8. The van der Waals surface area contributed by atoms with Crippen LogP contribution in [0.25, 0.3) is 10.9 Å². The Bertz CT molecular complexity index is 1340. The molecule has 4 rings (SSSR count). The monoisotopic (exact) mass is 489 g/mol. The Morgan fingerprint density at radius 3 is 2.56 bits per heavy atom. The summed E-state index contributed by atoms with van der Waals surface area (Å²) in [6.45, 7) is 1.58. The van der Waals surface area contributed by atoms with Gasteiger partial charge in [0.1, 0.15) is 5.82 Å². The Morgan fingerprint density at radius 2 is 1.86 bits per heavy atom. The molecule has 1 aromatic heterocycles. The molecule has 0 spiro atoms. The van der Waals surface area contributed by atoms with Gasteiger partial charge in [0, 0.05) is 68.4 Å². The first-order chi connectivity index (χ1) is 17.5. The van der Waals surface area contributed by atoms with E-state index in [9.17, 15) is 19.3 Å². The molecule has 4 aromatic rings. The van der Waals surface area contributed by atoms with Crippen molar-refractivity contribution in [3.8, 4) is 0 Å². The zero-order valence-corrected chi connectivity index (χ0v) is 20.0. The molecule has 1 N–H and O–H groups in total. The van der Waals surface area contributed by atoms with Crippen LogP contribution in [0, 0.1) is 15.9 Å². The van der Waals surface area contributed by atoms with Crippen LogP contribution < -0.4 is 5.32 Å². The van der Waals surface area contributed by atoms with Crippen LogP contribution in [0.3, 0.4) is 0 Å². The number of rotatable bonds is 11. The minimum Gasteiger partial charge on any atom is -0.385 e. The SMILES string of the molecule is COCCCNC(=O)C[C@H](c1ccc(F)cc1)c1cn(Cc2ccccc2)c2ccc([N+](=O)[O-])cc12. The van der Waals surface area contributed by atoms with Gasteiger partial charge in [-0.1, -0.05) is 42.5 Å². The van der Waals surface area contributed by atoms with Crippen LogP contribution in [0.1, 0.15) is 35.4 Å². The van der Waals surface area contributed by atoms with Gasteiger partial charge in [0.05, 0.1) is 4.92 Å². The summed E-state index contributed by atoms with van der Waals surface area (Å²) in [6.07, 6.45) is 2.76. The van der Waals surface area contributed by atoms with Crippen molar-refractivity contribution in [2.75, 3.05) is 20.3 Å². The maximum atomic E-state index is 13.7. The number of ether oxygens (including phenoxy) is 1. The number of halogens is 1. The van der Waals surface area contributed by atoms with E-state index in [1.807, 2.05) is 41.1 Å². The third-order valence-electron chi connectivity index (χ3n) is 6.19. The number of nitrogens with one attached hydrogen (secondary N) is 1. The Kier molecular flexibility index (Phi) is 8.07. The molecular weight excluding hydrogens is 461 g/mol. The molecule has 0 aliphatic rings. The summed E-state index contributed by atoms with van der Waals surface area (Å²) in [6, 6.07) is 20.7. The Morgan fingerprint density at radius 1 is 1.11 bits per heavy atom. The van der Waals surface area contributed by atoms with E-state index < -0.39 is 10.8 Å². The number of non-ortho nitro benzene ring substituents is 1. The highest BCUT2D eigenvalue weighted by atomic mass is 19.1. The Labute approximate surface area is 208 Å². The highest BCUT2D eigenvalue weighted by molar-refractivity contribution is 5.88. The lowest BCUT2D eigenvalue weighted by molar-refractivity contribution is -0.384. The normalized spacial score (nSPS) is 11.9. The third-order valence-corrected chi connectivity index (χ3v) is 6.19. The van der Waals surface area contributed by atoms with Crippen LogP contribution in [0.5, 0.6) is 0 Å². The highest BCUT2D eigenvalue weighted by Crippen LogP contribution is 2.36. The Hall–Kier alpha value is -4.04. The number of carbonyl (C=O) groups is 1. The number of nitro benzene ring substituents is 1. The second-order valence-corrected chi connectivity index (χ2v) is 8.66. The number of aromatic nitrogens is 1. The van der Waals surface area contributed by atoms with Gasteiger partial charge in [0.25, 0.3) is 5.69 Å². The largest absolute Gasteiger partial charge is 0.385 e. The zero-order valence-electron chi connectivity index (χ0n) is 20.0. The van der Waals surface area contributed by atoms with Gasteiger partial charge in [-0.2, -0.15) is 0 Å². The standard InChI is InChI=1S/C28H28FN3O4/c1-36-15-5-14-30-28(33)17-24(21-8-10-22(29)11-9-21)26-19-31(18-20-6-3-2-4-7-20)27-13-12-23(32(34)35)16-25(26)27/h2-4,6-13,16,19,24H,5,14-15,17-18H2,1H3,(H,30,33)/t24-/m1/s1. The van der Waals surface area contributed by atoms with Gasteiger partial charge < -0.3 is 14.6 Å². The fraction of sp³-hybridized carbons (Fsp3) is 0.250. The highest BCUT2D eigenvalue weighted by Gasteiger charge is 2.24. The molecule has 0 fully saturated rings. The molecule has 7 nitrogen and oxygen atoms in total. The summed E-state index contributed by atoms with van der Waals surface area (Å²) in [4.78, 5) is 24.0. The van der Waals surface area contributed by atoms with Crippen LogP contribution in [0.2, 0.25) is 0 Å². The molecule has 0 bridgehead atoms. The van der Waals surface area contributed by atoms with Crippen molar-refractivity contribution in [2.45, 2.75) is 25.3 Å². The van der Waals surface area contributed by atoms with Gasteiger partial charge in [-0.25, -0.2) is 4.39 Å². The van der Waals surface area contributed by atoms with Crippen molar-refractivity contribution in [1.82, 2.24) is 9.88 Å². The maximum Gasteiger partial charge on any atom is 0.270 e. The summed E-state index contributed by atoms with van der Waals surface area (Å²) in [5.74, 6) is -0.951. The van der Waals surface area contributed by atoms with E-state index in [0.717, 1.165) is 22.2 Å². The number of hydrogen-bond donors (Lipinski definition) is 1. The van der Waals surface area contributed by atoms with E-state index in [4.69, 9.17) is 4.74 Å². The van der Waals surface area contributed by atoms with Gasteiger partial charge in [0.15, 0.2) is 0 Å². The number of methoxy groups -OCH3 is 1. The summed E-state index contributed by atoms with van der Waals surface area (Å²) in [7, 11) is 1.61. The number of nitrogens with zero attached hydrogens (tertiary/aromatic N) is 2. The Balaban J connectivity index is 1.78. The van der Waals surface area contributed by atoms with E-state index in [0.29, 0.717) is 31.5 Å². The van der Waals surface area contributed by atoms with Crippen molar-refractivity contribution in [3.63, 3.8) is 0 Å². The molecule has 0 aliphatic heterocycles. The summed E-state index contributed by atoms with van der Waals surface area (Å²) in [5, 5.41) is 15.2. The molecule has 0 aliphatic carbocycles. The van der Waals surface area contributed by atoms with Crippen molar-refractivity contribution in [2.24, 2.45) is 0 Å². The lowest BCUT2D eigenvalue weighted by Crippen LogP contribution is -2.27. The van der Waals surface area contributed by atoms with Crippen LogP contribution >= 0.6 is 0 Å². The number of benzene rings is 3. The van der Waals surface area contributed by atoms with Gasteiger partial charge in [-0.05, 0) is 41.3 Å². The molecule has 1 heterocycles. The average molecular weight is 490 g/mol. The molecule has 36 heavy (non-hydrogen) atoms. The van der Waals surface area contributed by atoms with Crippen LogP contribution in [0.4, 0.5) is 10.1 Å². The molecular formula is C28H28FN3O4. The molecule has 0 radical (unpaired) electrons.